The van der Waals surface area contributed by atoms with E-state index in [1.165, 1.54) is 0 Å². The molecule has 1 aromatic carbocycles. The number of nitrogens with zero attached hydrogens (tertiary/aromatic N) is 5. The van der Waals surface area contributed by atoms with Crippen molar-refractivity contribution < 1.29 is 0 Å². The topological polar surface area (TPSA) is 54.8 Å². The van der Waals surface area contributed by atoms with Gasteiger partial charge in [-0.15, -0.1) is 0 Å². The summed E-state index contributed by atoms with van der Waals surface area (Å²) in [5, 5.41) is 0. The molecule has 0 saturated heterocycles. The van der Waals surface area contributed by atoms with Crippen molar-refractivity contribution in [1.82, 2.24) is 24.8 Å². The second-order valence-electron chi connectivity index (χ2n) is 6.08. The molecular weight excluding hydrogens is 286 g/mol. The van der Waals surface area contributed by atoms with Gasteiger partial charge in [-0.25, -0.2) is 15.0 Å². The Morgan fingerprint density at radius 2 is 1.65 bits per heavy atom. The van der Waals surface area contributed by atoms with Gasteiger partial charge in [-0.2, -0.15) is 0 Å². The summed E-state index contributed by atoms with van der Waals surface area (Å²) < 4.78 is 0. The van der Waals surface area contributed by atoms with Crippen molar-refractivity contribution in [3.63, 3.8) is 0 Å². The number of para-hydroxylation sites is 2. The molecule has 0 unspecified atom stereocenters. The highest BCUT2D eigenvalue weighted by Gasteiger charge is 2.08. The smallest absolute Gasteiger partial charge is 0.131 e. The Labute approximate surface area is 136 Å². The molecule has 0 N–H and O–H groups in total. The van der Waals surface area contributed by atoms with E-state index in [9.17, 15) is 0 Å². The van der Waals surface area contributed by atoms with E-state index in [1.807, 2.05) is 42.7 Å². The van der Waals surface area contributed by atoms with Crippen molar-refractivity contribution in [2.45, 2.75) is 32.9 Å². The zero-order valence-electron chi connectivity index (χ0n) is 13.8. The van der Waals surface area contributed by atoms with E-state index < -0.39 is 0 Å². The van der Waals surface area contributed by atoms with Crippen LogP contribution in [0, 0.1) is 0 Å². The molecule has 0 radical (unpaired) electrons. The lowest BCUT2D eigenvalue weighted by molar-refractivity contribution is 0.310. The number of aromatic nitrogens is 4. The van der Waals surface area contributed by atoms with Gasteiger partial charge in [-0.05, 0) is 25.2 Å². The van der Waals surface area contributed by atoms with Crippen LogP contribution < -0.4 is 0 Å². The number of rotatable bonds is 5. The van der Waals surface area contributed by atoms with Crippen LogP contribution in [0.5, 0.6) is 0 Å². The van der Waals surface area contributed by atoms with Crippen LogP contribution in [0.3, 0.4) is 0 Å². The van der Waals surface area contributed by atoms with Gasteiger partial charge in [0.15, 0.2) is 0 Å². The predicted molar refractivity (Wildman–Crippen MR) is 90.8 cm³/mol. The van der Waals surface area contributed by atoms with Gasteiger partial charge in [0.2, 0.25) is 0 Å². The van der Waals surface area contributed by atoms with Crippen LogP contribution in [-0.2, 0) is 13.1 Å². The molecule has 5 heteroatoms. The first kappa shape index (κ1) is 15.5. The molecule has 118 valence electrons. The van der Waals surface area contributed by atoms with Crippen LogP contribution in [0.15, 0.2) is 42.7 Å². The minimum Gasteiger partial charge on any atom is -0.295 e. The second kappa shape index (κ2) is 6.79. The third kappa shape index (κ3) is 3.87. The highest BCUT2D eigenvalue weighted by molar-refractivity contribution is 5.73. The number of hydrogen-bond acceptors (Lipinski definition) is 5. The van der Waals surface area contributed by atoms with Gasteiger partial charge in [0.25, 0.3) is 0 Å². The number of hydrogen-bond donors (Lipinski definition) is 0. The van der Waals surface area contributed by atoms with E-state index in [1.54, 1.807) is 0 Å². The highest BCUT2D eigenvalue weighted by atomic mass is 15.1. The molecule has 0 amide bonds. The monoisotopic (exact) mass is 307 g/mol. The normalized spacial score (nSPS) is 11.5. The number of fused-ring (bicyclic) bond motifs is 1. The van der Waals surface area contributed by atoms with Crippen LogP contribution in [-0.4, -0.2) is 31.9 Å². The molecule has 3 rings (SSSR count). The first-order valence-corrected chi connectivity index (χ1v) is 7.83. The molecule has 0 aliphatic rings. The van der Waals surface area contributed by atoms with Gasteiger partial charge in [0, 0.05) is 25.2 Å². The lowest BCUT2D eigenvalue weighted by Crippen LogP contribution is -2.19. The average Bonchev–Trinajstić information content (AvgIpc) is 2.55. The van der Waals surface area contributed by atoms with E-state index in [2.05, 4.69) is 45.7 Å². The van der Waals surface area contributed by atoms with E-state index in [-0.39, 0.29) is 0 Å². The Morgan fingerprint density at radius 3 is 2.43 bits per heavy atom. The minimum absolute atomic E-state index is 0.339. The molecule has 0 aliphatic heterocycles. The minimum atomic E-state index is 0.339. The van der Waals surface area contributed by atoms with Crippen molar-refractivity contribution in [3.05, 3.63) is 59.9 Å². The quantitative estimate of drug-likeness (QED) is 0.724. The molecule has 0 saturated carbocycles. The third-order valence-corrected chi connectivity index (χ3v) is 3.61. The van der Waals surface area contributed by atoms with Crippen molar-refractivity contribution in [2.75, 3.05) is 7.05 Å². The van der Waals surface area contributed by atoms with Crippen LogP contribution >= 0.6 is 0 Å². The summed E-state index contributed by atoms with van der Waals surface area (Å²) in [6, 6.07) is 9.90. The molecular formula is C18H21N5. The lowest BCUT2D eigenvalue weighted by Gasteiger charge is -2.16. The first-order chi connectivity index (χ1) is 11.1. The molecule has 23 heavy (non-hydrogen) atoms. The van der Waals surface area contributed by atoms with Crippen LogP contribution in [0.25, 0.3) is 11.0 Å². The summed E-state index contributed by atoms with van der Waals surface area (Å²) in [6.07, 6.45) is 3.68. The van der Waals surface area contributed by atoms with E-state index >= 15 is 0 Å². The Hall–Kier alpha value is -2.40. The molecule has 0 spiro atoms. The van der Waals surface area contributed by atoms with E-state index in [0.717, 1.165) is 41.3 Å². The number of benzene rings is 1. The molecule has 2 aromatic heterocycles. The summed E-state index contributed by atoms with van der Waals surface area (Å²) in [4.78, 5) is 20.2. The fourth-order valence-corrected chi connectivity index (χ4v) is 2.46. The zero-order valence-corrected chi connectivity index (χ0v) is 13.8. The van der Waals surface area contributed by atoms with Crippen LogP contribution in [0.4, 0.5) is 0 Å². The van der Waals surface area contributed by atoms with Gasteiger partial charge in [0.1, 0.15) is 5.82 Å². The Bertz CT molecular complexity index is 800. The lowest BCUT2D eigenvalue weighted by atomic mass is 10.2. The SMILES string of the molecule is CC(C)c1nccc(CN(C)Cc2cnc3ccccc3n2)n1. The summed E-state index contributed by atoms with van der Waals surface area (Å²) in [6.45, 7) is 5.70. The van der Waals surface area contributed by atoms with Gasteiger partial charge < -0.3 is 0 Å². The Kier molecular flexibility index (Phi) is 4.57. The van der Waals surface area contributed by atoms with Crippen molar-refractivity contribution in [1.29, 1.82) is 0 Å². The molecule has 5 nitrogen and oxygen atoms in total. The fraction of sp³-hybridized carbons (Fsp3) is 0.333. The summed E-state index contributed by atoms with van der Waals surface area (Å²) >= 11 is 0. The van der Waals surface area contributed by atoms with Crippen LogP contribution in [0.2, 0.25) is 0 Å². The molecule has 0 atom stereocenters. The summed E-state index contributed by atoms with van der Waals surface area (Å²) in [5.74, 6) is 1.23. The fourth-order valence-electron chi connectivity index (χ4n) is 2.46. The third-order valence-electron chi connectivity index (χ3n) is 3.61. The standard InChI is InChI=1S/C18H21N5/c1-13(2)18-19-9-8-14(22-18)11-23(3)12-15-10-20-16-6-4-5-7-17(16)21-15/h4-10,13H,11-12H2,1-3H3. The van der Waals surface area contributed by atoms with E-state index in [0.29, 0.717) is 5.92 Å². The van der Waals surface area contributed by atoms with Crippen molar-refractivity contribution in [2.24, 2.45) is 0 Å². The Morgan fingerprint density at radius 1 is 0.913 bits per heavy atom. The van der Waals surface area contributed by atoms with Gasteiger partial charge in [-0.1, -0.05) is 26.0 Å². The maximum Gasteiger partial charge on any atom is 0.131 e. The van der Waals surface area contributed by atoms with Gasteiger partial charge >= 0.3 is 0 Å². The second-order valence-corrected chi connectivity index (χ2v) is 6.08. The summed E-state index contributed by atoms with van der Waals surface area (Å²) in [5.41, 5.74) is 3.85. The largest absolute Gasteiger partial charge is 0.295 e. The van der Waals surface area contributed by atoms with Crippen molar-refractivity contribution >= 4 is 11.0 Å². The molecule has 0 fully saturated rings. The molecule has 3 aromatic rings. The maximum absolute atomic E-state index is 4.67. The van der Waals surface area contributed by atoms with Gasteiger partial charge in [-0.3, -0.25) is 9.88 Å². The molecule has 2 heterocycles. The first-order valence-electron chi connectivity index (χ1n) is 7.83. The highest BCUT2D eigenvalue weighted by Crippen LogP contribution is 2.12. The maximum atomic E-state index is 4.67. The molecule has 0 bridgehead atoms. The molecule has 0 aliphatic carbocycles. The average molecular weight is 307 g/mol. The Balaban J connectivity index is 1.70. The summed E-state index contributed by atoms with van der Waals surface area (Å²) in [7, 11) is 2.06. The van der Waals surface area contributed by atoms with E-state index in [4.69, 9.17) is 0 Å². The predicted octanol–water partition coefficient (Wildman–Crippen LogP) is 3.18. The zero-order chi connectivity index (χ0) is 16.2. The van der Waals surface area contributed by atoms with Crippen LogP contribution in [0.1, 0.15) is 37.0 Å². The van der Waals surface area contributed by atoms with Crippen molar-refractivity contribution in [3.8, 4) is 0 Å². The van der Waals surface area contributed by atoms with Gasteiger partial charge in [0.05, 0.1) is 28.6 Å².